The van der Waals surface area contributed by atoms with Crippen molar-refractivity contribution in [2.24, 2.45) is 0 Å². The summed E-state index contributed by atoms with van der Waals surface area (Å²) in [6, 6.07) is 11.8. The average molecular weight is 472 g/mol. The Morgan fingerprint density at radius 3 is 2.62 bits per heavy atom. The van der Waals surface area contributed by atoms with Crippen molar-refractivity contribution in [1.29, 1.82) is 0 Å². The van der Waals surface area contributed by atoms with E-state index in [0.717, 1.165) is 23.3 Å². The predicted octanol–water partition coefficient (Wildman–Crippen LogP) is 4.70. The molecule has 32 heavy (non-hydrogen) atoms. The first-order valence-corrected chi connectivity index (χ1v) is 12.9. The highest BCUT2D eigenvalue weighted by atomic mass is 32.2. The van der Waals surface area contributed by atoms with Crippen LogP contribution in [0.2, 0.25) is 0 Å². The summed E-state index contributed by atoms with van der Waals surface area (Å²) < 4.78 is 26.0. The Kier molecular flexibility index (Phi) is 6.30. The number of hydrogen-bond acceptors (Lipinski definition) is 7. The van der Waals surface area contributed by atoms with Gasteiger partial charge in [-0.1, -0.05) is 29.8 Å². The lowest BCUT2D eigenvalue weighted by atomic mass is 10.0. The summed E-state index contributed by atoms with van der Waals surface area (Å²) in [6.45, 7) is 5.38. The van der Waals surface area contributed by atoms with Gasteiger partial charge in [-0.2, -0.15) is 0 Å². The van der Waals surface area contributed by atoms with Crippen LogP contribution in [0.1, 0.15) is 35.2 Å². The third kappa shape index (κ3) is 4.68. The van der Waals surface area contributed by atoms with Gasteiger partial charge in [-0.25, -0.2) is 13.4 Å². The van der Waals surface area contributed by atoms with Gasteiger partial charge < -0.3 is 4.90 Å². The van der Waals surface area contributed by atoms with Crippen molar-refractivity contribution >= 4 is 32.0 Å². The number of thiazole rings is 1. The van der Waals surface area contributed by atoms with Crippen molar-refractivity contribution in [3.63, 3.8) is 0 Å². The van der Waals surface area contributed by atoms with Crippen LogP contribution >= 0.6 is 11.3 Å². The van der Waals surface area contributed by atoms with Gasteiger partial charge >= 0.3 is 0 Å². The second kappa shape index (κ2) is 8.99. The molecule has 0 saturated carbocycles. The summed E-state index contributed by atoms with van der Waals surface area (Å²) >= 11 is 1.59. The molecule has 0 N–H and O–H groups in total. The fourth-order valence-electron chi connectivity index (χ4n) is 4.03. The summed E-state index contributed by atoms with van der Waals surface area (Å²) in [5, 5.41) is 13.4. The van der Waals surface area contributed by atoms with Crippen molar-refractivity contribution in [2.75, 3.05) is 18.0 Å². The zero-order valence-electron chi connectivity index (χ0n) is 18.0. The lowest BCUT2D eigenvalue weighted by Crippen LogP contribution is -2.39. The number of aryl methyl sites for hydroxylation is 2. The lowest BCUT2D eigenvalue weighted by Gasteiger charge is -2.31. The van der Waals surface area contributed by atoms with E-state index in [1.807, 2.05) is 0 Å². The zero-order chi connectivity index (χ0) is 22.9. The third-order valence-corrected chi connectivity index (χ3v) is 9.13. The van der Waals surface area contributed by atoms with Crippen LogP contribution in [0.4, 0.5) is 10.8 Å². The van der Waals surface area contributed by atoms with Crippen LogP contribution in [0.3, 0.4) is 0 Å². The molecule has 2 aromatic carbocycles. The molecule has 1 aliphatic heterocycles. The highest BCUT2D eigenvalue weighted by Crippen LogP contribution is 2.30. The lowest BCUT2D eigenvalue weighted by molar-refractivity contribution is -0.385. The Morgan fingerprint density at radius 1 is 1.16 bits per heavy atom. The molecule has 0 bridgehead atoms. The van der Waals surface area contributed by atoms with Gasteiger partial charge in [0, 0.05) is 37.0 Å². The van der Waals surface area contributed by atoms with Crippen LogP contribution < -0.4 is 4.90 Å². The van der Waals surface area contributed by atoms with E-state index in [0.29, 0.717) is 25.9 Å². The van der Waals surface area contributed by atoms with Crippen LogP contribution in [0, 0.1) is 24.0 Å². The Balaban J connectivity index is 1.42. The first kappa shape index (κ1) is 22.4. The standard InChI is InChI=1S/C23H25N3O4S2/c1-16-6-7-17(2)18(12-16)13-19-15-31-23(24-19)25-10-8-21(9-11-25)32(29,30)22-5-3-4-20(14-22)26(27)28/h3-7,12,14-15,21H,8-11,13H2,1-2H3. The molecule has 9 heteroatoms. The Morgan fingerprint density at radius 2 is 1.91 bits per heavy atom. The summed E-state index contributed by atoms with van der Waals surface area (Å²) in [6.07, 6.45) is 1.72. The number of piperidine rings is 1. The number of hydrogen-bond donors (Lipinski definition) is 0. The van der Waals surface area contributed by atoms with Crippen molar-refractivity contribution < 1.29 is 13.3 Å². The van der Waals surface area contributed by atoms with E-state index in [1.54, 1.807) is 11.3 Å². The minimum Gasteiger partial charge on any atom is -0.348 e. The summed E-state index contributed by atoms with van der Waals surface area (Å²) in [5.41, 5.74) is 4.56. The largest absolute Gasteiger partial charge is 0.348 e. The Hall–Kier alpha value is -2.78. The highest BCUT2D eigenvalue weighted by molar-refractivity contribution is 7.92. The van der Waals surface area contributed by atoms with Gasteiger partial charge in [-0.3, -0.25) is 10.1 Å². The number of nitro benzene ring substituents is 1. The summed E-state index contributed by atoms with van der Waals surface area (Å²) in [4.78, 5) is 17.4. The van der Waals surface area contributed by atoms with Gasteiger partial charge in [0.1, 0.15) is 0 Å². The van der Waals surface area contributed by atoms with E-state index in [2.05, 4.69) is 42.3 Å². The van der Waals surface area contributed by atoms with Gasteiger partial charge in [0.05, 0.1) is 20.8 Å². The topological polar surface area (TPSA) is 93.4 Å². The fraction of sp³-hybridized carbons (Fsp3) is 0.348. The number of aromatic nitrogens is 1. The summed E-state index contributed by atoms with van der Waals surface area (Å²) in [5.74, 6) is 0. The van der Waals surface area contributed by atoms with Crippen molar-refractivity contribution in [2.45, 2.75) is 43.3 Å². The number of nitrogens with zero attached hydrogens (tertiary/aromatic N) is 3. The minimum atomic E-state index is -3.62. The van der Waals surface area contributed by atoms with Crippen molar-refractivity contribution in [3.05, 3.63) is 80.3 Å². The molecular weight excluding hydrogens is 446 g/mol. The minimum absolute atomic E-state index is 0.0233. The Labute approximate surface area is 191 Å². The molecule has 4 rings (SSSR count). The molecule has 0 amide bonds. The second-order valence-corrected chi connectivity index (χ2v) is 11.3. The van der Waals surface area contributed by atoms with Gasteiger partial charge in [0.15, 0.2) is 15.0 Å². The second-order valence-electron chi connectivity index (χ2n) is 8.21. The number of rotatable bonds is 6. The quantitative estimate of drug-likeness (QED) is 0.382. The molecule has 1 saturated heterocycles. The molecule has 0 radical (unpaired) electrons. The van der Waals surface area contributed by atoms with Gasteiger partial charge in [0.2, 0.25) is 0 Å². The van der Waals surface area contributed by atoms with E-state index in [9.17, 15) is 18.5 Å². The van der Waals surface area contributed by atoms with Gasteiger partial charge in [0.25, 0.3) is 5.69 Å². The highest BCUT2D eigenvalue weighted by Gasteiger charge is 2.32. The fourth-order valence-corrected chi connectivity index (χ4v) is 6.68. The molecule has 1 aliphatic rings. The number of non-ortho nitro benzene ring substituents is 1. The zero-order valence-corrected chi connectivity index (χ0v) is 19.7. The van der Waals surface area contributed by atoms with Crippen LogP contribution in [0.5, 0.6) is 0 Å². The van der Waals surface area contributed by atoms with Gasteiger partial charge in [-0.15, -0.1) is 11.3 Å². The van der Waals surface area contributed by atoms with E-state index in [1.165, 1.54) is 34.9 Å². The van der Waals surface area contributed by atoms with Crippen LogP contribution in [0.15, 0.2) is 52.7 Å². The van der Waals surface area contributed by atoms with E-state index < -0.39 is 20.0 Å². The van der Waals surface area contributed by atoms with Crippen molar-refractivity contribution in [1.82, 2.24) is 4.98 Å². The van der Waals surface area contributed by atoms with E-state index in [-0.39, 0.29) is 10.6 Å². The number of sulfone groups is 1. The maximum absolute atomic E-state index is 13.0. The van der Waals surface area contributed by atoms with Crippen LogP contribution in [-0.4, -0.2) is 36.7 Å². The SMILES string of the molecule is Cc1ccc(C)c(Cc2csc(N3CCC(S(=O)(=O)c4cccc([N+](=O)[O-])c4)CC3)n2)c1. The molecule has 1 fully saturated rings. The molecular formula is C23H25N3O4S2. The maximum atomic E-state index is 13.0. The first-order valence-electron chi connectivity index (χ1n) is 10.5. The number of benzene rings is 2. The molecule has 7 nitrogen and oxygen atoms in total. The molecule has 0 atom stereocenters. The average Bonchev–Trinajstić information content (AvgIpc) is 3.25. The van der Waals surface area contributed by atoms with Gasteiger partial charge in [-0.05, 0) is 43.9 Å². The third-order valence-electron chi connectivity index (χ3n) is 5.92. The monoisotopic (exact) mass is 471 g/mol. The van der Waals surface area contributed by atoms with Crippen LogP contribution in [-0.2, 0) is 16.3 Å². The smallest absolute Gasteiger partial charge is 0.270 e. The molecule has 0 spiro atoms. The molecule has 168 valence electrons. The van der Waals surface area contributed by atoms with E-state index >= 15 is 0 Å². The number of nitro groups is 1. The number of anilines is 1. The Bertz CT molecular complexity index is 1250. The first-order chi connectivity index (χ1) is 15.2. The molecule has 0 aliphatic carbocycles. The van der Waals surface area contributed by atoms with Crippen molar-refractivity contribution in [3.8, 4) is 0 Å². The molecule has 1 aromatic heterocycles. The molecule has 3 aromatic rings. The summed E-state index contributed by atoms with van der Waals surface area (Å²) in [7, 11) is -3.62. The molecule has 2 heterocycles. The normalized spacial score (nSPS) is 15.1. The predicted molar refractivity (Wildman–Crippen MR) is 126 cm³/mol. The maximum Gasteiger partial charge on any atom is 0.270 e. The van der Waals surface area contributed by atoms with E-state index in [4.69, 9.17) is 4.98 Å². The van der Waals surface area contributed by atoms with Crippen LogP contribution in [0.25, 0.3) is 0 Å². The molecule has 0 unspecified atom stereocenters.